The van der Waals surface area contributed by atoms with Gasteiger partial charge in [0.1, 0.15) is 17.2 Å². The van der Waals surface area contributed by atoms with Gasteiger partial charge in [0.05, 0.1) is 14.2 Å². The Hall–Kier alpha value is -1.42. The maximum atomic E-state index is 9.56. The quantitative estimate of drug-likeness (QED) is 0.749. The summed E-state index contributed by atoms with van der Waals surface area (Å²) in [5, 5.41) is 10.7. The lowest BCUT2D eigenvalue weighted by Gasteiger charge is -2.18. The van der Waals surface area contributed by atoms with Gasteiger partial charge in [-0.1, -0.05) is 0 Å². The summed E-state index contributed by atoms with van der Waals surface area (Å²) < 4.78 is 10.2. The van der Waals surface area contributed by atoms with Crippen molar-refractivity contribution in [1.29, 1.82) is 0 Å². The minimum Gasteiger partial charge on any atom is -0.497 e. The fourth-order valence-corrected chi connectivity index (χ4v) is 1.17. The van der Waals surface area contributed by atoms with E-state index in [0.717, 1.165) is 5.06 Å². The molecule has 14 heavy (non-hydrogen) atoms. The van der Waals surface area contributed by atoms with E-state index in [2.05, 4.69) is 0 Å². The summed E-state index contributed by atoms with van der Waals surface area (Å²) in [5.41, 5.74) is 0.606. The first kappa shape index (κ1) is 10.7. The molecule has 0 heterocycles. The lowest BCUT2D eigenvalue weighted by atomic mass is 10.2. The van der Waals surface area contributed by atoms with Gasteiger partial charge >= 0.3 is 0 Å². The Balaban J connectivity index is 3.08. The van der Waals surface area contributed by atoms with Crippen LogP contribution in [0.4, 0.5) is 5.69 Å². The minimum absolute atomic E-state index is 0.490. The van der Waals surface area contributed by atoms with Crippen molar-refractivity contribution >= 4 is 5.69 Å². The molecule has 0 aliphatic carbocycles. The number of anilines is 1. The number of hydrogen-bond acceptors (Lipinski definition) is 4. The van der Waals surface area contributed by atoms with Crippen molar-refractivity contribution in [3.63, 3.8) is 0 Å². The molecule has 1 N–H and O–H groups in total. The number of rotatable bonds is 4. The van der Waals surface area contributed by atoms with E-state index < -0.39 is 0 Å². The van der Waals surface area contributed by atoms with Crippen LogP contribution in [-0.4, -0.2) is 26.0 Å². The summed E-state index contributed by atoms with van der Waals surface area (Å²) >= 11 is 0. The molecule has 0 bridgehead atoms. The minimum atomic E-state index is 0.490. The van der Waals surface area contributed by atoms with E-state index in [9.17, 15) is 5.21 Å². The monoisotopic (exact) mass is 197 g/mol. The zero-order valence-electron chi connectivity index (χ0n) is 8.65. The number of methoxy groups -OCH3 is 2. The highest BCUT2D eigenvalue weighted by atomic mass is 16.5. The normalized spacial score (nSPS) is 9.71. The fourth-order valence-electron chi connectivity index (χ4n) is 1.17. The standard InChI is InChI=1S/C10H15NO3/c1-4-11(12)9-7-8(13-2)5-6-10(9)14-3/h5-7,12H,4H2,1-3H3. The molecule has 1 aromatic rings. The van der Waals surface area contributed by atoms with E-state index in [1.807, 2.05) is 6.92 Å². The van der Waals surface area contributed by atoms with Gasteiger partial charge in [0.2, 0.25) is 0 Å². The molecule has 0 spiro atoms. The largest absolute Gasteiger partial charge is 0.497 e. The van der Waals surface area contributed by atoms with E-state index in [0.29, 0.717) is 23.7 Å². The Labute approximate surface area is 83.6 Å². The zero-order valence-corrected chi connectivity index (χ0v) is 8.65. The fraction of sp³-hybridized carbons (Fsp3) is 0.400. The molecule has 0 aromatic heterocycles. The molecule has 0 aliphatic heterocycles. The van der Waals surface area contributed by atoms with Gasteiger partial charge in [-0.25, -0.2) is 0 Å². The smallest absolute Gasteiger partial charge is 0.144 e. The van der Waals surface area contributed by atoms with Crippen molar-refractivity contribution in [2.75, 3.05) is 25.8 Å². The molecule has 1 aromatic carbocycles. The average molecular weight is 197 g/mol. The second-order valence-electron chi connectivity index (χ2n) is 2.75. The van der Waals surface area contributed by atoms with Crippen molar-refractivity contribution < 1.29 is 14.7 Å². The second kappa shape index (κ2) is 4.72. The SMILES string of the molecule is CCN(O)c1cc(OC)ccc1OC. The van der Waals surface area contributed by atoms with Crippen molar-refractivity contribution in [2.24, 2.45) is 0 Å². The Morgan fingerprint density at radius 3 is 2.50 bits per heavy atom. The highest BCUT2D eigenvalue weighted by molar-refractivity contribution is 5.59. The summed E-state index contributed by atoms with van der Waals surface area (Å²) in [6.07, 6.45) is 0. The van der Waals surface area contributed by atoms with Crippen LogP contribution in [0, 0.1) is 0 Å². The maximum Gasteiger partial charge on any atom is 0.144 e. The van der Waals surface area contributed by atoms with Gasteiger partial charge in [-0.15, -0.1) is 0 Å². The molecule has 0 saturated heterocycles. The van der Waals surface area contributed by atoms with Crippen molar-refractivity contribution in [2.45, 2.75) is 6.92 Å². The summed E-state index contributed by atoms with van der Waals surface area (Å²) in [7, 11) is 3.15. The number of hydrogen-bond donors (Lipinski definition) is 1. The van der Waals surface area contributed by atoms with Crippen LogP contribution in [0.1, 0.15) is 6.92 Å². The van der Waals surface area contributed by atoms with Gasteiger partial charge < -0.3 is 9.47 Å². The predicted molar refractivity (Wildman–Crippen MR) is 54.4 cm³/mol. The van der Waals surface area contributed by atoms with Crippen LogP contribution in [0.5, 0.6) is 11.5 Å². The van der Waals surface area contributed by atoms with Crippen molar-refractivity contribution in [3.8, 4) is 11.5 Å². The van der Waals surface area contributed by atoms with E-state index in [1.54, 1.807) is 32.4 Å². The lowest BCUT2D eigenvalue weighted by Crippen LogP contribution is -2.17. The summed E-state index contributed by atoms with van der Waals surface area (Å²) in [6.45, 7) is 2.34. The summed E-state index contributed by atoms with van der Waals surface area (Å²) in [5.74, 6) is 1.31. The van der Waals surface area contributed by atoms with Crippen LogP contribution in [0.15, 0.2) is 18.2 Å². The molecule has 0 unspecified atom stereocenters. The molecular weight excluding hydrogens is 182 g/mol. The number of hydroxylamine groups is 1. The van der Waals surface area contributed by atoms with Crippen LogP contribution in [-0.2, 0) is 0 Å². The van der Waals surface area contributed by atoms with Gasteiger partial charge in [-0.3, -0.25) is 10.3 Å². The Bertz CT molecular complexity index is 301. The average Bonchev–Trinajstić information content (AvgIpc) is 2.27. The number of benzene rings is 1. The first-order valence-corrected chi connectivity index (χ1v) is 4.41. The molecule has 78 valence electrons. The first-order valence-electron chi connectivity index (χ1n) is 4.41. The van der Waals surface area contributed by atoms with Crippen LogP contribution >= 0.6 is 0 Å². The lowest BCUT2D eigenvalue weighted by molar-refractivity contribution is 0.255. The maximum absolute atomic E-state index is 9.56. The number of nitrogens with zero attached hydrogens (tertiary/aromatic N) is 1. The third-order valence-corrected chi connectivity index (χ3v) is 1.96. The molecule has 4 nitrogen and oxygen atoms in total. The third kappa shape index (κ3) is 2.09. The summed E-state index contributed by atoms with van der Waals surface area (Å²) in [4.78, 5) is 0. The topological polar surface area (TPSA) is 41.9 Å². The van der Waals surface area contributed by atoms with Gasteiger partial charge in [0.25, 0.3) is 0 Å². The Morgan fingerprint density at radius 1 is 1.29 bits per heavy atom. The molecule has 0 aliphatic rings. The third-order valence-electron chi connectivity index (χ3n) is 1.96. The van der Waals surface area contributed by atoms with Crippen molar-refractivity contribution in [3.05, 3.63) is 18.2 Å². The molecule has 0 fully saturated rings. The molecular formula is C10H15NO3. The molecule has 0 saturated carbocycles. The summed E-state index contributed by atoms with van der Waals surface area (Å²) in [6, 6.07) is 5.27. The van der Waals surface area contributed by atoms with E-state index in [4.69, 9.17) is 9.47 Å². The molecule has 4 heteroatoms. The first-order chi connectivity index (χ1) is 6.72. The zero-order chi connectivity index (χ0) is 10.6. The Morgan fingerprint density at radius 2 is 2.00 bits per heavy atom. The highest BCUT2D eigenvalue weighted by Gasteiger charge is 2.09. The van der Waals surface area contributed by atoms with E-state index in [-0.39, 0.29) is 0 Å². The molecule has 1 rings (SSSR count). The second-order valence-corrected chi connectivity index (χ2v) is 2.75. The van der Waals surface area contributed by atoms with E-state index >= 15 is 0 Å². The van der Waals surface area contributed by atoms with Crippen molar-refractivity contribution in [1.82, 2.24) is 0 Å². The van der Waals surface area contributed by atoms with Crippen LogP contribution in [0.2, 0.25) is 0 Å². The number of ether oxygens (including phenoxy) is 2. The van der Waals surface area contributed by atoms with Crippen LogP contribution < -0.4 is 14.5 Å². The Kier molecular flexibility index (Phi) is 3.59. The predicted octanol–water partition coefficient (Wildman–Crippen LogP) is 1.92. The van der Waals surface area contributed by atoms with Gasteiger partial charge in [0, 0.05) is 12.6 Å². The van der Waals surface area contributed by atoms with Crippen LogP contribution in [0.3, 0.4) is 0 Å². The molecule has 0 radical (unpaired) electrons. The molecule has 0 atom stereocenters. The molecule has 0 amide bonds. The van der Waals surface area contributed by atoms with Crippen LogP contribution in [0.25, 0.3) is 0 Å². The van der Waals surface area contributed by atoms with Gasteiger partial charge in [0.15, 0.2) is 0 Å². The highest BCUT2D eigenvalue weighted by Crippen LogP contribution is 2.31. The van der Waals surface area contributed by atoms with Gasteiger partial charge in [-0.05, 0) is 19.1 Å². The van der Waals surface area contributed by atoms with E-state index in [1.165, 1.54) is 0 Å². The van der Waals surface area contributed by atoms with Gasteiger partial charge in [-0.2, -0.15) is 0 Å².